The van der Waals surface area contributed by atoms with E-state index < -0.39 is 17.0 Å². The van der Waals surface area contributed by atoms with Crippen LogP contribution in [0.4, 0.5) is 5.69 Å². The van der Waals surface area contributed by atoms with Crippen LogP contribution in [0.25, 0.3) is 0 Å². The van der Waals surface area contributed by atoms with Gasteiger partial charge in [-0.3, -0.25) is 14.9 Å². The molecule has 7 nitrogen and oxygen atoms in total. The number of benzene rings is 2. The van der Waals surface area contributed by atoms with Crippen LogP contribution < -0.4 is 4.74 Å². The summed E-state index contributed by atoms with van der Waals surface area (Å²) in [5.41, 5.74) is 0.648. The number of hydrogen-bond donors (Lipinski definition) is 0. The fraction of sp³-hybridized carbons (Fsp3) is 0.222. The highest BCUT2D eigenvalue weighted by Gasteiger charge is 2.22. The molecule has 0 unspecified atom stereocenters. The summed E-state index contributed by atoms with van der Waals surface area (Å²) in [4.78, 5) is 34.9. The molecule has 0 saturated carbocycles. The Morgan fingerprint density at radius 1 is 1.08 bits per heavy atom. The van der Waals surface area contributed by atoms with Crippen molar-refractivity contribution in [2.24, 2.45) is 0 Å². The molecule has 0 bridgehead atoms. The van der Waals surface area contributed by atoms with E-state index in [2.05, 4.69) is 0 Å². The first-order valence-electron chi connectivity index (χ1n) is 7.47. The number of methoxy groups -OCH3 is 1. The Kier molecular flexibility index (Phi) is 5.49. The third-order valence-electron chi connectivity index (χ3n) is 3.67. The maximum atomic E-state index is 12.3. The number of esters is 1. The van der Waals surface area contributed by atoms with Crippen molar-refractivity contribution < 1.29 is 24.0 Å². The van der Waals surface area contributed by atoms with Gasteiger partial charge in [-0.15, -0.1) is 0 Å². The molecule has 0 aliphatic rings. The zero-order valence-electron chi connectivity index (χ0n) is 14.0. The van der Waals surface area contributed by atoms with Gasteiger partial charge in [-0.05, 0) is 44.2 Å². The number of nitrogens with zero attached hydrogens (tertiary/aromatic N) is 1. The molecule has 0 amide bonds. The standard InChI is InChI=1S/C18H17NO6/c1-11-4-5-14(10-16(11)19(22)23)18(21)25-12(2)17(20)13-6-8-15(24-3)9-7-13/h4-10,12H,1-3H3/t12-/m0/s1. The van der Waals surface area contributed by atoms with Crippen molar-refractivity contribution in [2.45, 2.75) is 20.0 Å². The van der Waals surface area contributed by atoms with Gasteiger partial charge in [0.25, 0.3) is 5.69 Å². The Morgan fingerprint density at radius 3 is 2.24 bits per heavy atom. The second kappa shape index (κ2) is 7.57. The van der Waals surface area contributed by atoms with Gasteiger partial charge in [0.2, 0.25) is 5.78 Å². The Labute approximate surface area is 144 Å². The SMILES string of the molecule is COc1ccc(C(=O)[C@H](C)OC(=O)c2ccc(C)c([N+](=O)[O-])c2)cc1. The number of nitro benzene ring substituents is 1. The number of Topliss-reactive ketones (excluding diaryl/α,β-unsaturated/α-hetero) is 1. The van der Waals surface area contributed by atoms with Crippen LogP contribution in [0.5, 0.6) is 5.75 Å². The summed E-state index contributed by atoms with van der Waals surface area (Å²) >= 11 is 0. The minimum atomic E-state index is -1.03. The summed E-state index contributed by atoms with van der Waals surface area (Å²) in [6.07, 6.45) is -1.03. The van der Waals surface area contributed by atoms with Crippen LogP contribution in [-0.4, -0.2) is 29.9 Å². The highest BCUT2D eigenvalue weighted by Crippen LogP contribution is 2.20. The number of aryl methyl sites for hydroxylation is 1. The molecule has 0 N–H and O–H groups in total. The molecule has 2 aromatic carbocycles. The van der Waals surface area contributed by atoms with Crippen LogP contribution in [0.2, 0.25) is 0 Å². The minimum Gasteiger partial charge on any atom is -0.497 e. The van der Waals surface area contributed by atoms with Crippen molar-refractivity contribution in [2.75, 3.05) is 7.11 Å². The topological polar surface area (TPSA) is 95.7 Å². The molecule has 2 aromatic rings. The number of hydrogen-bond acceptors (Lipinski definition) is 6. The van der Waals surface area contributed by atoms with Crippen LogP contribution in [0.15, 0.2) is 42.5 Å². The molecule has 130 valence electrons. The van der Waals surface area contributed by atoms with Crippen LogP contribution in [0.1, 0.15) is 33.2 Å². The van der Waals surface area contributed by atoms with E-state index in [9.17, 15) is 19.7 Å². The van der Waals surface area contributed by atoms with Crippen LogP contribution in [0.3, 0.4) is 0 Å². The fourth-order valence-electron chi connectivity index (χ4n) is 2.21. The van der Waals surface area contributed by atoms with Gasteiger partial charge in [0.15, 0.2) is 6.10 Å². The maximum absolute atomic E-state index is 12.3. The predicted molar refractivity (Wildman–Crippen MR) is 90.0 cm³/mol. The largest absolute Gasteiger partial charge is 0.497 e. The van der Waals surface area contributed by atoms with Gasteiger partial charge >= 0.3 is 5.97 Å². The zero-order chi connectivity index (χ0) is 18.6. The smallest absolute Gasteiger partial charge is 0.339 e. The van der Waals surface area contributed by atoms with Crippen molar-refractivity contribution >= 4 is 17.4 Å². The first-order valence-corrected chi connectivity index (χ1v) is 7.47. The second-order valence-corrected chi connectivity index (χ2v) is 5.40. The lowest BCUT2D eigenvalue weighted by Crippen LogP contribution is -2.24. The van der Waals surface area contributed by atoms with Gasteiger partial charge in [-0.25, -0.2) is 4.79 Å². The molecule has 0 heterocycles. The third-order valence-corrected chi connectivity index (χ3v) is 3.67. The molecule has 0 aromatic heterocycles. The first-order chi connectivity index (χ1) is 11.8. The minimum absolute atomic E-state index is 0.0201. The summed E-state index contributed by atoms with van der Waals surface area (Å²) in [5.74, 6) is -0.566. The lowest BCUT2D eigenvalue weighted by atomic mass is 10.1. The molecule has 0 radical (unpaired) electrons. The second-order valence-electron chi connectivity index (χ2n) is 5.40. The molecular formula is C18H17NO6. The van der Waals surface area contributed by atoms with Crippen molar-refractivity contribution in [3.05, 3.63) is 69.3 Å². The van der Waals surface area contributed by atoms with E-state index in [1.165, 1.54) is 26.2 Å². The van der Waals surface area contributed by atoms with Crippen LogP contribution >= 0.6 is 0 Å². The van der Waals surface area contributed by atoms with E-state index in [1.54, 1.807) is 31.2 Å². The molecule has 7 heteroatoms. The van der Waals surface area contributed by atoms with Crippen LogP contribution in [0, 0.1) is 17.0 Å². The lowest BCUT2D eigenvalue weighted by molar-refractivity contribution is -0.385. The monoisotopic (exact) mass is 343 g/mol. The number of ketones is 1. The molecule has 1 atom stereocenters. The predicted octanol–water partition coefficient (Wildman–Crippen LogP) is 3.34. The number of carbonyl (C=O) groups excluding carboxylic acids is 2. The number of ether oxygens (including phenoxy) is 2. The highest BCUT2D eigenvalue weighted by atomic mass is 16.6. The van der Waals surface area contributed by atoms with E-state index in [0.717, 1.165) is 6.07 Å². The van der Waals surface area contributed by atoms with E-state index >= 15 is 0 Å². The van der Waals surface area contributed by atoms with Crippen molar-refractivity contribution in [3.63, 3.8) is 0 Å². The summed E-state index contributed by atoms with van der Waals surface area (Å²) in [7, 11) is 1.52. The molecule has 0 fully saturated rings. The van der Waals surface area contributed by atoms with Gasteiger partial charge in [0.05, 0.1) is 17.6 Å². The molecule has 0 aliphatic carbocycles. The van der Waals surface area contributed by atoms with Gasteiger partial charge in [-0.2, -0.15) is 0 Å². The van der Waals surface area contributed by atoms with Crippen molar-refractivity contribution in [3.8, 4) is 5.75 Å². The average Bonchev–Trinajstić information content (AvgIpc) is 2.61. The Hall–Kier alpha value is -3.22. The van der Waals surface area contributed by atoms with Crippen LogP contribution in [-0.2, 0) is 4.74 Å². The molecule has 0 aliphatic heterocycles. The van der Waals surface area contributed by atoms with Gasteiger partial charge in [0.1, 0.15) is 5.75 Å². The fourth-order valence-corrected chi connectivity index (χ4v) is 2.21. The Bertz CT molecular complexity index is 813. The molecule has 2 rings (SSSR count). The third kappa shape index (κ3) is 4.20. The number of nitro groups is 1. The summed E-state index contributed by atoms with van der Waals surface area (Å²) < 4.78 is 10.2. The number of rotatable bonds is 6. The Morgan fingerprint density at radius 2 is 1.68 bits per heavy atom. The van der Waals surface area contributed by atoms with E-state index in [4.69, 9.17) is 9.47 Å². The molecule has 0 saturated heterocycles. The molecular weight excluding hydrogens is 326 g/mol. The molecule has 0 spiro atoms. The lowest BCUT2D eigenvalue weighted by Gasteiger charge is -2.13. The zero-order valence-corrected chi connectivity index (χ0v) is 14.0. The van der Waals surface area contributed by atoms with E-state index in [0.29, 0.717) is 16.9 Å². The number of carbonyl (C=O) groups is 2. The Balaban J connectivity index is 2.12. The van der Waals surface area contributed by atoms with Crippen molar-refractivity contribution in [1.82, 2.24) is 0 Å². The maximum Gasteiger partial charge on any atom is 0.339 e. The van der Waals surface area contributed by atoms with Gasteiger partial charge in [0, 0.05) is 17.2 Å². The van der Waals surface area contributed by atoms with Gasteiger partial charge < -0.3 is 9.47 Å². The van der Waals surface area contributed by atoms with Crippen molar-refractivity contribution in [1.29, 1.82) is 0 Å². The molecule has 25 heavy (non-hydrogen) atoms. The quantitative estimate of drug-likeness (QED) is 0.345. The first kappa shape index (κ1) is 18.1. The average molecular weight is 343 g/mol. The normalized spacial score (nSPS) is 11.5. The highest BCUT2D eigenvalue weighted by molar-refractivity contribution is 6.01. The van der Waals surface area contributed by atoms with E-state index in [-0.39, 0.29) is 17.0 Å². The summed E-state index contributed by atoms with van der Waals surface area (Å²) in [5, 5.41) is 11.0. The van der Waals surface area contributed by atoms with E-state index in [1.807, 2.05) is 0 Å². The summed E-state index contributed by atoms with van der Waals surface area (Å²) in [6.45, 7) is 3.02. The summed E-state index contributed by atoms with van der Waals surface area (Å²) in [6, 6.07) is 10.4. The van der Waals surface area contributed by atoms with Gasteiger partial charge in [-0.1, -0.05) is 6.07 Å².